The molecule has 0 N–H and O–H groups in total. The molecule has 0 bridgehead atoms. The van der Waals surface area contributed by atoms with Crippen molar-refractivity contribution in [1.29, 1.82) is 0 Å². The summed E-state index contributed by atoms with van der Waals surface area (Å²) >= 11 is 0. The van der Waals surface area contributed by atoms with Crippen LogP contribution in [0.1, 0.15) is 46.5 Å². The molecule has 1 heterocycles. The van der Waals surface area contributed by atoms with Crippen LogP contribution in [0.2, 0.25) is 0 Å². The third kappa shape index (κ3) is 4.34. The second-order valence-electron chi connectivity index (χ2n) is 6.80. The lowest BCUT2D eigenvalue weighted by atomic mass is 9.81. The second-order valence-corrected chi connectivity index (χ2v) is 6.80. The van der Waals surface area contributed by atoms with Gasteiger partial charge in [0.1, 0.15) is 11.3 Å². The first-order chi connectivity index (χ1) is 11.9. The molecule has 1 saturated heterocycles. The van der Waals surface area contributed by atoms with Crippen molar-refractivity contribution in [3.05, 3.63) is 30.3 Å². The number of rotatable bonds is 7. The molecule has 0 aromatic heterocycles. The Hall–Kier alpha value is -2.01. The number of Topliss-reactive ketones (excluding diaryl/α,β-unsaturated/α-hetero) is 2. The van der Waals surface area contributed by atoms with E-state index in [-0.39, 0.29) is 17.5 Å². The van der Waals surface area contributed by atoms with Gasteiger partial charge >= 0.3 is 0 Å². The lowest BCUT2D eigenvalue weighted by Crippen LogP contribution is -2.61. The Bertz CT molecular complexity index is 619. The van der Waals surface area contributed by atoms with Crippen LogP contribution in [0.5, 0.6) is 0 Å². The molecule has 0 unspecified atom stereocenters. The van der Waals surface area contributed by atoms with Gasteiger partial charge in [-0.25, -0.2) is 0 Å². The summed E-state index contributed by atoms with van der Waals surface area (Å²) in [6.07, 6.45) is 2.09. The van der Waals surface area contributed by atoms with E-state index in [4.69, 9.17) is 0 Å². The summed E-state index contributed by atoms with van der Waals surface area (Å²) in [7, 11) is 0. The molecule has 0 radical (unpaired) electrons. The van der Waals surface area contributed by atoms with Gasteiger partial charge in [-0.15, -0.1) is 0 Å². The number of nitrogens with zero attached hydrogens (tertiary/aromatic N) is 2. The van der Waals surface area contributed by atoms with Gasteiger partial charge < -0.3 is 4.90 Å². The molecule has 0 saturated carbocycles. The van der Waals surface area contributed by atoms with Crippen molar-refractivity contribution in [2.75, 3.05) is 24.5 Å². The summed E-state index contributed by atoms with van der Waals surface area (Å²) in [4.78, 5) is 40.5. The summed E-state index contributed by atoms with van der Waals surface area (Å²) in [5.41, 5.74) is -0.0111. The Morgan fingerprint density at radius 2 is 1.68 bits per heavy atom. The van der Waals surface area contributed by atoms with Crippen molar-refractivity contribution in [2.45, 2.75) is 52.0 Å². The van der Waals surface area contributed by atoms with Crippen LogP contribution in [-0.2, 0) is 14.4 Å². The van der Waals surface area contributed by atoms with Crippen LogP contribution in [0.15, 0.2) is 30.3 Å². The summed E-state index contributed by atoms with van der Waals surface area (Å²) in [5, 5.41) is 0. The highest BCUT2D eigenvalue weighted by molar-refractivity contribution is 6.03. The highest BCUT2D eigenvalue weighted by Crippen LogP contribution is 2.35. The number of piperidine rings is 1. The number of amides is 1. The fourth-order valence-corrected chi connectivity index (χ4v) is 3.56. The lowest BCUT2D eigenvalue weighted by Gasteiger charge is -2.47. The molecule has 136 valence electrons. The van der Waals surface area contributed by atoms with Gasteiger partial charge in [0.15, 0.2) is 5.78 Å². The zero-order valence-electron chi connectivity index (χ0n) is 15.5. The monoisotopic (exact) mass is 344 g/mol. The lowest BCUT2D eigenvalue weighted by molar-refractivity contribution is -0.129. The van der Waals surface area contributed by atoms with E-state index in [1.54, 1.807) is 18.7 Å². The quantitative estimate of drug-likeness (QED) is 0.763. The maximum Gasteiger partial charge on any atom is 0.227 e. The summed E-state index contributed by atoms with van der Waals surface area (Å²) in [6, 6.07) is 9.46. The zero-order chi connectivity index (χ0) is 18.4. The molecule has 1 amide bonds. The summed E-state index contributed by atoms with van der Waals surface area (Å²) < 4.78 is 0. The Morgan fingerprint density at radius 3 is 2.16 bits per heavy atom. The van der Waals surface area contributed by atoms with E-state index in [1.165, 1.54) is 0 Å². The van der Waals surface area contributed by atoms with Crippen molar-refractivity contribution in [1.82, 2.24) is 4.90 Å². The van der Waals surface area contributed by atoms with Crippen LogP contribution in [0, 0.1) is 0 Å². The fourth-order valence-electron chi connectivity index (χ4n) is 3.56. The van der Waals surface area contributed by atoms with Crippen LogP contribution in [0.25, 0.3) is 0 Å². The average Bonchev–Trinajstić information content (AvgIpc) is 2.61. The number of para-hydroxylation sites is 1. The molecule has 25 heavy (non-hydrogen) atoms. The zero-order valence-corrected chi connectivity index (χ0v) is 15.5. The van der Waals surface area contributed by atoms with Crippen molar-refractivity contribution in [2.24, 2.45) is 0 Å². The van der Waals surface area contributed by atoms with Gasteiger partial charge in [0.25, 0.3) is 0 Å². The maximum atomic E-state index is 12.7. The molecular weight excluding hydrogens is 316 g/mol. The molecule has 0 spiro atoms. The minimum atomic E-state index is -0.791. The molecule has 0 atom stereocenters. The molecule has 1 aliphatic heterocycles. The van der Waals surface area contributed by atoms with Crippen LogP contribution < -0.4 is 4.90 Å². The maximum absolute atomic E-state index is 12.7. The van der Waals surface area contributed by atoms with Gasteiger partial charge in [-0.2, -0.15) is 0 Å². The number of benzene rings is 1. The molecule has 5 heteroatoms. The first-order valence-corrected chi connectivity index (χ1v) is 9.01. The van der Waals surface area contributed by atoms with Crippen LogP contribution >= 0.6 is 0 Å². The van der Waals surface area contributed by atoms with Gasteiger partial charge in [0, 0.05) is 38.2 Å². The number of anilines is 1. The molecule has 0 aliphatic carbocycles. The van der Waals surface area contributed by atoms with Crippen molar-refractivity contribution < 1.29 is 14.4 Å². The number of hydrogen-bond donors (Lipinski definition) is 0. The molecule has 2 rings (SSSR count). The largest absolute Gasteiger partial charge is 0.303 e. The normalized spacial score (nSPS) is 17.1. The van der Waals surface area contributed by atoms with E-state index in [1.807, 2.05) is 37.3 Å². The molecule has 1 aromatic carbocycles. The predicted octanol–water partition coefficient (Wildman–Crippen LogP) is 2.83. The highest BCUT2D eigenvalue weighted by Gasteiger charge is 2.46. The van der Waals surface area contributed by atoms with Crippen molar-refractivity contribution >= 4 is 23.2 Å². The number of hydrogen-bond acceptors (Lipinski definition) is 4. The van der Waals surface area contributed by atoms with E-state index >= 15 is 0 Å². The fraction of sp³-hybridized carbons (Fsp3) is 0.550. The summed E-state index contributed by atoms with van der Waals surface area (Å²) in [6.45, 7) is 7.16. The van der Waals surface area contributed by atoms with Crippen molar-refractivity contribution in [3.63, 3.8) is 0 Å². The second kappa shape index (κ2) is 8.39. The van der Waals surface area contributed by atoms with Gasteiger partial charge in [-0.05, 0) is 38.8 Å². The first-order valence-electron chi connectivity index (χ1n) is 9.01. The van der Waals surface area contributed by atoms with Gasteiger partial charge in [-0.3, -0.25) is 19.3 Å². The third-order valence-corrected chi connectivity index (χ3v) is 5.11. The molecular formula is C20H28N2O3. The topological polar surface area (TPSA) is 57.7 Å². The molecule has 5 nitrogen and oxygen atoms in total. The van der Waals surface area contributed by atoms with E-state index < -0.39 is 5.54 Å². The SMILES string of the molecule is CCC(=O)N(c1ccccc1)C1(C(C)=O)CCN(CCC(C)=O)CC1. The van der Waals surface area contributed by atoms with Crippen molar-refractivity contribution in [3.8, 4) is 0 Å². The first kappa shape index (κ1) is 19.3. The molecule has 1 fully saturated rings. The van der Waals surface area contributed by atoms with E-state index in [0.29, 0.717) is 38.8 Å². The molecule has 1 aliphatic rings. The minimum Gasteiger partial charge on any atom is -0.303 e. The smallest absolute Gasteiger partial charge is 0.227 e. The Labute approximate surface area is 150 Å². The summed E-state index contributed by atoms with van der Waals surface area (Å²) in [5.74, 6) is 0.179. The van der Waals surface area contributed by atoms with Gasteiger partial charge in [0.2, 0.25) is 5.91 Å². The Morgan fingerprint density at radius 1 is 1.08 bits per heavy atom. The average molecular weight is 344 g/mol. The Kier molecular flexibility index (Phi) is 6.48. The number of ketones is 2. The van der Waals surface area contributed by atoms with Crippen LogP contribution in [0.4, 0.5) is 5.69 Å². The van der Waals surface area contributed by atoms with Gasteiger partial charge in [-0.1, -0.05) is 25.1 Å². The van der Waals surface area contributed by atoms with Crippen LogP contribution in [0.3, 0.4) is 0 Å². The minimum absolute atomic E-state index is 0.0291. The van der Waals surface area contributed by atoms with Gasteiger partial charge in [0.05, 0.1) is 0 Å². The van der Waals surface area contributed by atoms with Crippen LogP contribution in [-0.4, -0.2) is 47.5 Å². The molecule has 1 aromatic rings. The number of carbonyl (C=O) groups is 3. The highest BCUT2D eigenvalue weighted by atomic mass is 16.2. The predicted molar refractivity (Wildman–Crippen MR) is 98.6 cm³/mol. The number of likely N-dealkylation sites (tertiary alicyclic amines) is 1. The Balaban J connectivity index is 2.27. The third-order valence-electron chi connectivity index (χ3n) is 5.11. The number of carbonyl (C=O) groups excluding carboxylic acids is 3. The van der Waals surface area contributed by atoms with E-state index in [9.17, 15) is 14.4 Å². The van der Waals surface area contributed by atoms with E-state index in [2.05, 4.69) is 4.90 Å². The standard InChI is InChI=1S/C20H28N2O3/c1-4-19(25)22(18-8-6-5-7-9-18)20(17(3)24)11-14-21(15-12-20)13-10-16(2)23/h5-9H,4,10-15H2,1-3H3. The van der Waals surface area contributed by atoms with E-state index in [0.717, 1.165) is 12.2 Å².